The molecule has 0 bridgehead atoms. The number of nitrogens with zero attached hydrogens (tertiary/aromatic N) is 8. The third kappa shape index (κ3) is 6.82. The van der Waals surface area contributed by atoms with Crippen LogP contribution in [0.25, 0.3) is 28.0 Å². The number of aromatic nitrogens is 5. The van der Waals surface area contributed by atoms with Crippen LogP contribution < -0.4 is 10.2 Å². The van der Waals surface area contributed by atoms with Crippen molar-refractivity contribution in [1.82, 2.24) is 34.6 Å². The molecule has 0 spiro atoms. The lowest BCUT2D eigenvalue weighted by Gasteiger charge is -2.39. The summed E-state index contributed by atoms with van der Waals surface area (Å²) in [7, 11) is 1.88. The summed E-state index contributed by atoms with van der Waals surface area (Å²) in [5.41, 5.74) is 3.78. The average molecular weight is 668 g/mol. The molecule has 0 radical (unpaired) electrons. The minimum atomic E-state index is -0.571. The summed E-state index contributed by atoms with van der Waals surface area (Å²) in [6.07, 6.45) is 5.60. The molecule has 6 rings (SSSR count). The topological polar surface area (TPSA) is 142 Å². The number of rotatable bonds is 8. The van der Waals surface area contributed by atoms with Crippen LogP contribution in [0.2, 0.25) is 0 Å². The number of aryl methyl sites for hydroxylation is 1. The number of hydrogen-bond donors (Lipinski definition) is 1. The standard InChI is InChI=1S/C34H34FN9O3S/c1-6-25-31(42(5)32-41-30(26(14-36)48-32)20-7-10-23(35)11-8-20)44-17-21(9-12-28(44)40-25)22-15-37-27(38-16-22)13-29(45)39-24-18-43(19-24)33(46)47-34(2,3)4/h7-12,15-17,24H,6,13,18-19H2,1-5H3,(H,39,45). The molecule has 1 aliphatic heterocycles. The van der Waals surface area contributed by atoms with Gasteiger partial charge in [-0.15, -0.1) is 0 Å². The first kappa shape index (κ1) is 32.5. The number of anilines is 2. The number of amides is 2. The van der Waals surface area contributed by atoms with Gasteiger partial charge in [0.05, 0.1) is 18.2 Å². The van der Waals surface area contributed by atoms with Gasteiger partial charge < -0.3 is 19.9 Å². The number of ether oxygens (including phenoxy) is 1. The Kier molecular flexibility index (Phi) is 8.81. The van der Waals surface area contributed by atoms with Gasteiger partial charge in [0.15, 0.2) is 5.13 Å². The number of thiazole rings is 1. The van der Waals surface area contributed by atoms with E-state index in [9.17, 15) is 19.2 Å². The van der Waals surface area contributed by atoms with Gasteiger partial charge in [0.2, 0.25) is 5.91 Å². The maximum absolute atomic E-state index is 13.5. The fourth-order valence-electron chi connectivity index (χ4n) is 5.33. The van der Waals surface area contributed by atoms with E-state index >= 15 is 0 Å². The molecule has 246 valence electrons. The van der Waals surface area contributed by atoms with Gasteiger partial charge >= 0.3 is 6.09 Å². The van der Waals surface area contributed by atoms with Crippen LogP contribution >= 0.6 is 11.3 Å². The van der Waals surface area contributed by atoms with E-state index in [1.165, 1.54) is 23.5 Å². The Morgan fingerprint density at radius 3 is 2.42 bits per heavy atom. The van der Waals surface area contributed by atoms with Crippen molar-refractivity contribution in [2.45, 2.75) is 52.2 Å². The largest absolute Gasteiger partial charge is 0.444 e. The van der Waals surface area contributed by atoms with E-state index in [-0.39, 0.29) is 24.2 Å². The third-order valence-corrected chi connectivity index (χ3v) is 8.73. The minimum Gasteiger partial charge on any atom is -0.444 e. The molecule has 1 fully saturated rings. The summed E-state index contributed by atoms with van der Waals surface area (Å²) in [5.74, 6) is 0.600. The van der Waals surface area contributed by atoms with Crippen molar-refractivity contribution in [3.63, 3.8) is 0 Å². The highest BCUT2D eigenvalue weighted by molar-refractivity contribution is 7.16. The molecule has 0 atom stereocenters. The highest BCUT2D eigenvalue weighted by atomic mass is 32.1. The molecule has 12 nitrogen and oxygen atoms in total. The summed E-state index contributed by atoms with van der Waals surface area (Å²) in [5, 5.41) is 13.3. The summed E-state index contributed by atoms with van der Waals surface area (Å²) in [6.45, 7) is 8.25. The van der Waals surface area contributed by atoms with Gasteiger partial charge in [-0.25, -0.2) is 29.1 Å². The minimum absolute atomic E-state index is 0.0109. The Hall–Kier alpha value is -5.42. The number of benzene rings is 1. The quantitative estimate of drug-likeness (QED) is 0.226. The lowest BCUT2D eigenvalue weighted by atomic mass is 10.1. The second kappa shape index (κ2) is 13.0. The fourth-order valence-corrected chi connectivity index (χ4v) is 6.18. The average Bonchev–Trinajstić information content (AvgIpc) is 3.63. The normalized spacial score (nSPS) is 13.2. The number of carbonyl (C=O) groups excluding carboxylic acids is 2. The third-order valence-electron chi connectivity index (χ3n) is 7.69. The lowest BCUT2D eigenvalue weighted by Crippen LogP contribution is -2.61. The first-order valence-electron chi connectivity index (χ1n) is 15.4. The van der Waals surface area contributed by atoms with Crippen LogP contribution in [0.4, 0.5) is 20.1 Å². The Balaban J connectivity index is 1.17. The Morgan fingerprint density at radius 1 is 1.08 bits per heavy atom. The molecule has 1 aliphatic rings. The van der Waals surface area contributed by atoms with E-state index in [0.29, 0.717) is 46.6 Å². The number of halogens is 1. The summed E-state index contributed by atoms with van der Waals surface area (Å²) in [6, 6.07) is 11.9. The summed E-state index contributed by atoms with van der Waals surface area (Å²) >= 11 is 1.25. The fraction of sp³-hybridized carbons (Fsp3) is 0.324. The highest BCUT2D eigenvalue weighted by Crippen LogP contribution is 2.37. The van der Waals surface area contributed by atoms with Crippen molar-refractivity contribution in [2.75, 3.05) is 25.0 Å². The zero-order chi connectivity index (χ0) is 34.2. The molecule has 0 unspecified atom stereocenters. The molecular formula is C34H34FN9O3S. The van der Waals surface area contributed by atoms with Gasteiger partial charge in [-0.05, 0) is 63.6 Å². The van der Waals surface area contributed by atoms with Gasteiger partial charge in [0.1, 0.15) is 45.3 Å². The van der Waals surface area contributed by atoms with Crippen molar-refractivity contribution in [2.24, 2.45) is 0 Å². The second-order valence-corrected chi connectivity index (χ2v) is 13.4. The maximum Gasteiger partial charge on any atom is 0.410 e. The van der Waals surface area contributed by atoms with Crippen LogP contribution in [0, 0.1) is 17.1 Å². The summed E-state index contributed by atoms with van der Waals surface area (Å²) < 4.78 is 20.9. The summed E-state index contributed by atoms with van der Waals surface area (Å²) in [4.78, 5) is 47.1. The van der Waals surface area contributed by atoms with Crippen LogP contribution in [-0.4, -0.2) is 73.0 Å². The van der Waals surface area contributed by atoms with Gasteiger partial charge in [-0.3, -0.25) is 9.20 Å². The van der Waals surface area contributed by atoms with Crippen LogP contribution in [-0.2, 0) is 22.4 Å². The van der Waals surface area contributed by atoms with Gasteiger partial charge in [0.25, 0.3) is 0 Å². The number of fused-ring (bicyclic) bond motifs is 1. The molecule has 1 saturated heterocycles. The predicted octanol–water partition coefficient (Wildman–Crippen LogP) is 5.53. The first-order valence-corrected chi connectivity index (χ1v) is 16.2. The first-order chi connectivity index (χ1) is 22.9. The van der Waals surface area contributed by atoms with E-state index in [2.05, 4.69) is 21.4 Å². The SMILES string of the molecule is CCc1nc2ccc(-c3cnc(CC(=O)NC4CN(C(=O)OC(C)(C)C)C4)nc3)cn2c1N(C)c1nc(-c2ccc(F)cc2)c(C#N)s1. The molecule has 0 saturated carbocycles. The Bertz CT molecular complexity index is 2020. The van der Waals surface area contributed by atoms with Crippen molar-refractivity contribution in [3.8, 4) is 28.5 Å². The number of pyridine rings is 1. The number of imidazole rings is 1. The molecule has 48 heavy (non-hydrogen) atoms. The van der Waals surface area contributed by atoms with Crippen molar-refractivity contribution >= 4 is 39.9 Å². The van der Waals surface area contributed by atoms with Gasteiger partial charge in [-0.1, -0.05) is 18.3 Å². The molecule has 0 aliphatic carbocycles. The zero-order valence-corrected chi connectivity index (χ0v) is 28.0. The Morgan fingerprint density at radius 2 is 1.77 bits per heavy atom. The number of nitriles is 1. The lowest BCUT2D eigenvalue weighted by molar-refractivity contribution is -0.122. The second-order valence-electron chi connectivity index (χ2n) is 12.4. The van der Waals surface area contributed by atoms with Crippen molar-refractivity contribution < 1.29 is 18.7 Å². The van der Waals surface area contributed by atoms with Crippen molar-refractivity contribution in [3.05, 3.63) is 77.2 Å². The molecular weight excluding hydrogens is 633 g/mol. The molecule has 5 aromatic rings. The van der Waals surface area contributed by atoms with E-state index < -0.39 is 11.7 Å². The number of carbonyl (C=O) groups is 2. The van der Waals surface area contributed by atoms with Gasteiger partial charge in [-0.2, -0.15) is 5.26 Å². The zero-order valence-electron chi connectivity index (χ0n) is 27.2. The van der Waals surface area contributed by atoms with Crippen LogP contribution in [0.3, 0.4) is 0 Å². The molecule has 4 aromatic heterocycles. The predicted molar refractivity (Wildman–Crippen MR) is 179 cm³/mol. The molecule has 2 amide bonds. The number of likely N-dealkylation sites (tertiary alicyclic amines) is 1. The van der Waals surface area contributed by atoms with Crippen LogP contribution in [0.5, 0.6) is 0 Å². The molecule has 14 heteroatoms. The van der Waals surface area contributed by atoms with E-state index in [0.717, 1.165) is 28.3 Å². The van der Waals surface area contributed by atoms with Crippen molar-refractivity contribution in [1.29, 1.82) is 5.26 Å². The van der Waals surface area contributed by atoms with E-state index in [1.807, 2.05) is 62.4 Å². The maximum atomic E-state index is 13.5. The molecule has 5 heterocycles. The number of nitrogens with one attached hydrogen (secondary N) is 1. The van der Waals surface area contributed by atoms with Crippen LogP contribution in [0.15, 0.2) is 55.0 Å². The smallest absolute Gasteiger partial charge is 0.410 e. The number of hydrogen-bond acceptors (Lipinski definition) is 10. The molecule has 1 aromatic carbocycles. The highest BCUT2D eigenvalue weighted by Gasteiger charge is 2.34. The monoisotopic (exact) mass is 667 g/mol. The van der Waals surface area contributed by atoms with E-state index in [1.54, 1.807) is 29.4 Å². The van der Waals surface area contributed by atoms with Gasteiger partial charge in [0, 0.05) is 55.4 Å². The van der Waals surface area contributed by atoms with E-state index in [4.69, 9.17) is 14.7 Å². The molecule has 1 N–H and O–H groups in total. The van der Waals surface area contributed by atoms with Crippen LogP contribution in [0.1, 0.15) is 44.1 Å². The Labute approximate surface area is 280 Å².